The molecule has 0 aliphatic carbocycles. The van der Waals surface area contributed by atoms with E-state index in [4.69, 9.17) is 14.2 Å². The van der Waals surface area contributed by atoms with Crippen LogP contribution < -0.4 is 14.4 Å². The lowest BCUT2D eigenvalue weighted by Gasteiger charge is -2.42. The Hall–Kier alpha value is -2.05. The van der Waals surface area contributed by atoms with Crippen molar-refractivity contribution in [1.82, 2.24) is 14.9 Å². The van der Waals surface area contributed by atoms with Crippen molar-refractivity contribution in [2.75, 3.05) is 31.0 Å². The molecule has 1 unspecified atom stereocenters. The molecule has 5 rings (SSSR count). The third kappa shape index (κ3) is 3.85. The summed E-state index contributed by atoms with van der Waals surface area (Å²) in [6.07, 6.45) is 2.78. The highest BCUT2D eigenvalue weighted by molar-refractivity contribution is 9.10. The molecule has 4 heterocycles. The van der Waals surface area contributed by atoms with Gasteiger partial charge in [0.25, 0.3) is 0 Å². The van der Waals surface area contributed by atoms with Crippen molar-refractivity contribution in [1.29, 1.82) is 0 Å². The highest BCUT2D eigenvalue weighted by Crippen LogP contribution is 2.49. The average molecular weight is 543 g/mol. The molecule has 178 valence electrons. The molecule has 2 saturated heterocycles. The molecule has 1 aromatic carbocycles. The molecular formula is C21H24BrFN4O5S. The third-order valence-corrected chi connectivity index (χ3v) is 7.36. The van der Waals surface area contributed by atoms with Crippen LogP contribution in [0.4, 0.5) is 15.0 Å². The molecule has 0 radical (unpaired) electrons. The van der Waals surface area contributed by atoms with E-state index in [1.165, 1.54) is 6.26 Å². The summed E-state index contributed by atoms with van der Waals surface area (Å²) >= 11 is 1.70. The Morgan fingerprint density at radius 1 is 1.21 bits per heavy atom. The molecule has 2 aromatic rings. The van der Waals surface area contributed by atoms with E-state index in [0.29, 0.717) is 30.0 Å². The highest BCUT2D eigenvalue weighted by atomic mass is 79.9. The number of fused-ring (bicyclic) bond motifs is 5. The minimum Gasteiger partial charge on any atom is -0.609 e. The molecule has 9 nitrogen and oxygen atoms in total. The van der Waals surface area contributed by atoms with E-state index in [1.807, 2.05) is 30.6 Å². The number of anilines is 1. The van der Waals surface area contributed by atoms with Gasteiger partial charge in [0.05, 0.1) is 17.5 Å². The first-order valence-electron chi connectivity index (χ1n) is 10.6. The van der Waals surface area contributed by atoms with Gasteiger partial charge < -0.3 is 23.7 Å². The van der Waals surface area contributed by atoms with E-state index >= 15 is 4.39 Å². The second kappa shape index (κ2) is 8.02. The van der Waals surface area contributed by atoms with E-state index < -0.39 is 22.6 Å². The maximum Gasteiger partial charge on any atom is 0.410 e. The Morgan fingerprint density at radius 2 is 1.85 bits per heavy atom. The number of nitrogens with zero attached hydrogens (tertiary/aromatic N) is 4. The van der Waals surface area contributed by atoms with Crippen LogP contribution in [0.25, 0.3) is 10.9 Å². The summed E-state index contributed by atoms with van der Waals surface area (Å²) < 4.78 is 44.4. The fourth-order valence-electron chi connectivity index (χ4n) is 4.67. The predicted molar refractivity (Wildman–Crippen MR) is 123 cm³/mol. The van der Waals surface area contributed by atoms with E-state index in [0.717, 1.165) is 12.8 Å². The summed E-state index contributed by atoms with van der Waals surface area (Å²) in [7, 11) is 0. The van der Waals surface area contributed by atoms with Gasteiger partial charge in [-0.05, 0) is 49.5 Å². The van der Waals surface area contributed by atoms with E-state index in [-0.39, 0.29) is 45.9 Å². The molecule has 1 amide bonds. The molecule has 2 bridgehead atoms. The largest absolute Gasteiger partial charge is 0.609 e. The van der Waals surface area contributed by atoms with Crippen molar-refractivity contribution < 1.29 is 27.9 Å². The van der Waals surface area contributed by atoms with Gasteiger partial charge in [0.15, 0.2) is 17.3 Å². The minimum atomic E-state index is -1.53. The summed E-state index contributed by atoms with van der Waals surface area (Å²) in [5, 5.41) is 0.409. The number of carbonyl (C=O) groups is 1. The molecule has 33 heavy (non-hydrogen) atoms. The lowest BCUT2D eigenvalue weighted by molar-refractivity contribution is 0.0123. The number of piperazine rings is 1. The molecule has 3 aliphatic rings. The van der Waals surface area contributed by atoms with Gasteiger partial charge in [0, 0.05) is 24.3 Å². The van der Waals surface area contributed by atoms with Gasteiger partial charge in [-0.1, -0.05) is 0 Å². The van der Waals surface area contributed by atoms with Gasteiger partial charge >= 0.3 is 11.2 Å². The van der Waals surface area contributed by atoms with Crippen LogP contribution in [-0.4, -0.2) is 69.3 Å². The lowest BCUT2D eigenvalue weighted by Crippen LogP contribution is -2.57. The Balaban J connectivity index is 1.58. The molecule has 3 aliphatic heterocycles. The first-order valence-corrected chi connectivity index (χ1v) is 13.0. The number of carbonyl (C=O) groups excluding carboxylic acids is 1. The monoisotopic (exact) mass is 542 g/mol. The summed E-state index contributed by atoms with van der Waals surface area (Å²) in [6.45, 7) is 6.44. The second-order valence-corrected chi connectivity index (χ2v) is 11.4. The number of rotatable bonds is 2. The van der Waals surface area contributed by atoms with Crippen LogP contribution in [-0.2, 0) is 15.9 Å². The van der Waals surface area contributed by atoms with Gasteiger partial charge in [0.1, 0.15) is 27.7 Å². The van der Waals surface area contributed by atoms with E-state index in [1.54, 1.807) is 0 Å². The van der Waals surface area contributed by atoms with Crippen molar-refractivity contribution in [3.63, 3.8) is 0 Å². The molecule has 2 fully saturated rings. The molecular weight excluding hydrogens is 519 g/mol. The van der Waals surface area contributed by atoms with Crippen LogP contribution in [0.1, 0.15) is 33.6 Å². The zero-order valence-electron chi connectivity index (χ0n) is 18.7. The fourth-order valence-corrected chi connectivity index (χ4v) is 5.59. The third-order valence-electron chi connectivity index (χ3n) is 5.95. The van der Waals surface area contributed by atoms with Crippen molar-refractivity contribution in [3.05, 3.63) is 10.3 Å². The van der Waals surface area contributed by atoms with Crippen molar-refractivity contribution in [2.24, 2.45) is 0 Å². The van der Waals surface area contributed by atoms with Crippen molar-refractivity contribution >= 4 is 49.9 Å². The Kier molecular flexibility index (Phi) is 5.52. The molecule has 1 aromatic heterocycles. The van der Waals surface area contributed by atoms with Gasteiger partial charge in [0.2, 0.25) is 6.79 Å². The Labute approximate surface area is 201 Å². The molecule has 0 spiro atoms. The van der Waals surface area contributed by atoms with Gasteiger partial charge in [-0.15, -0.1) is 0 Å². The molecule has 0 N–H and O–H groups in total. The number of halogens is 2. The van der Waals surface area contributed by atoms with Crippen LogP contribution in [0, 0.1) is 5.82 Å². The first kappa shape index (κ1) is 22.7. The van der Waals surface area contributed by atoms with Crippen LogP contribution >= 0.6 is 15.9 Å². The first-order chi connectivity index (χ1) is 15.5. The number of aromatic nitrogens is 2. The average Bonchev–Trinajstić information content (AvgIpc) is 3.32. The van der Waals surface area contributed by atoms with E-state index in [2.05, 4.69) is 25.9 Å². The Morgan fingerprint density at radius 3 is 2.45 bits per heavy atom. The second-order valence-electron chi connectivity index (χ2n) is 9.38. The standard InChI is InChI=1S/C21H24BrFN4O5S/c1-21(2,3)32-20(28)27-10-5-6-11(27)8-26(7-10)18-12-15(24-19(25-18)33(4)29)14(23)13(22)17-16(12)30-9-31-17/h10-11H,5-9H2,1-4H3/t10-,11+,33?. The number of hydrogen-bond donors (Lipinski definition) is 0. The normalized spacial score (nSPS) is 22.8. The zero-order chi connectivity index (χ0) is 23.7. The smallest absolute Gasteiger partial charge is 0.410 e. The number of amides is 1. The maximum absolute atomic E-state index is 15.3. The van der Waals surface area contributed by atoms with E-state index in [9.17, 15) is 9.35 Å². The zero-order valence-corrected chi connectivity index (χ0v) is 21.1. The fraction of sp³-hybridized carbons (Fsp3) is 0.571. The summed E-state index contributed by atoms with van der Waals surface area (Å²) in [6, 6.07) is -0.158. The van der Waals surface area contributed by atoms with Crippen LogP contribution in [0.15, 0.2) is 9.63 Å². The van der Waals surface area contributed by atoms with Crippen molar-refractivity contribution in [2.45, 2.75) is 56.5 Å². The summed E-state index contributed by atoms with van der Waals surface area (Å²) in [5.74, 6) is 0.410. The summed E-state index contributed by atoms with van der Waals surface area (Å²) in [5.41, 5.74) is -0.567. The predicted octanol–water partition coefficient (Wildman–Crippen LogP) is 3.59. The van der Waals surface area contributed by atoms with Gasteiger partial charge in [-0.3, -0.25) is 4.90 Å². The number of benzene rings is 1. The molecule has 3 atom stereocenters. The van der Waals surface area contributed by atoms with Crippen LogP contribution in [0.5, 0.6) is 11.5 Å². The van der Waals surface area contributed by atoms with Crippen LogP contribution in [0.2, 0.25) is 0 Å². The number of ether oxygens (including phenoxy) is 3. The van der Waals surface area contributed by atoms with Crippen molar-refractivity contribution in [3.8, 4) is 11.5 Å². The van der Waals surface area contributed by atoms with Gasteiger partial charge in [-0.25, -0.2) is 9.18 Å². The SMILES string of the molecule is C[S+]([O-])c1nc(N2C[C@H]3CC[C@@H](C2)N3C(=O)OC(C)(C)C)c2c3c(c(Br)c(F)c2n1)OCO3. The molecule has 0 saturated carbocycles. The number of hydrogen-bond acceptors (Lipinski definition) is 8. The lowest BCUT2D eigenvalue weighted by atomic mass is 10.1. The summed E-state index contributed by atoms with van der Waals surface area (Å²) in [4.78, 5) is 25.4. The van der Waals surface area contributed by atoms with Gasteiger partial charge in [-0.2, -0.15) is 9.97 Å². The Bertz CT molecular complexity index is 1130. The highest BCUT2D eigenvalue weighted by Gasteiger charge is 2.45. The quantitative estimate of drug-likeness (QED) is 0.419. The minimum absolute atomic E-state index is 0.0169. The maximum atomic E-state index is 15.3. The molecule has 12 heteroatoms. The van der Waals surface area contributed by atoms with Crippen LogP contribution in [0.3, 0.4) is 0 Å². The topological polar surface area (TPSA) is 100 Å².